The molecule has 0 amide bonds. The van der Waals surface area contributed by atoms with Crippen LogP contribution in [0.3, 0.4) is 0 Å². The second-order valence-electron chi connectivity index (χ2n) is 8.21. The zero-order valence-corrected chi connectivity index (χ0v) is 20.5. The van der Waals surface area contributed by atoms with E-state index in [0.29, 0.717) is 11.5 Å². The van der Waals surface area contributed by atoms with Crippen LogP contribution in [0.5, 0.6) is 11.5 Å². The quantitative estimate of drug-likeness (QED) is 0.524. The van der Waals surface area contributed by atoms with Gasteiger partial charge in [0, 0.05) is 11.7 Å². The molecular weight excluding hydrogens is 424 g/mol. The molecule has 0 unspecified atom stereocenters. The van der Waals surface area contributed by atoms with E-state index < -0.39 is 18.4 Å². The van der Waals surface area contributed by atoms with Gasteiger partial charge in [-0.05, 0) is 61.1 Å². The highest BCUT2D eigenvalue weighted by molar-refractivity contribution is 7.91. The molecule has 0 N–H and O–H groups in total. The molecule has 6 heteroatoms. The molecule has 0 aromatic heterocycles. The highest BCUT2D eigenvalue weighted by Gasteiger charge is 2.45. The second kappa shape index (κ2) is 7.84. The molecule has 0 fully saturated rings. The van der Waals surface area contributed by atoms with Crippen LogP contribution in [-0.4, -0.2) is 17.0 Å². The predicted molar refractivity (Wildman–Crippen MR) is 126 cm³/mol. The van der Waals surface area contributed by atoms with Crippen molar-refractivity contribution in [1.82, 2.24) is 0 Å². The van der Waals surface area contributed by atoms with Crippen molar-refractivity contribution in [2.24, 2.45) is 0 Å². The molecule has 31 heavy (non-hydrogen) atoms. The van der Waals surface area contributed by atoms with E-state index in [1.807, 2.05) is 76.7 Å². The van der Waals surface area contributed by atoms with E-state index in [1.165, 1.54) is 0 Å². The van der Waals surface area contributed by atoms with Gasteiger partial charge in [0.2, 0.25) is 9.84 Å². The molecule has 0 bridgehead atoms. The van der Waals surface area contributed by atoms with E-state index in [1.54, 1.807) is 12.1 Å². The molecule has 0 atom stereocenters. The van der Waals surface area contributed by atoms with Crippen molar-refractivity contribution in [3.8, 4) is 11.5 Å². The highest BCUT2D eigenvalue weighted by Crippen LogP contribution is 2.43. The average molecular weight is 453 g/mol. The van der Waals surface area contributed by atoms with Crippen LogP contribution >= 0.6 is 0 Å². The van der Waals surface area contributed by atoms with E-state index in [-0.39, 0.29) is 9.79 Å². The van der Waals surface area contributed by atoms with Crippen molar-refractivity contribution in [2.45, 2.75) is 56.9 Å². The standard InChI is InChI=1S/C25H28O4SSi/c1-6-19-13-17(3)24-22(15-19)30(26,27)23-16-20(7-2)14-18(4)25(23)29-31(5,28-24)21-11-9-8-10-12-21/h8-16H,6-7H2,1-5H3. The van der Waals surface area contributed by atoms with Gasteiger partial charge in [0.05, 0.1) is 0 Å². The lowest BCUT2D eigenvalue weighted by Gasteiger charge is -2.34. The van der Waals surface area contributed by atoms with Gasteiger partial charge < -0.3 is 8.85 Å². The van der Waals surface area contributed by atoms with Crippen molar-refractivity contribution in [2.75, 3.05) is 0 Å². The van der Waals surface area contributed by atoms with Gasteiger partial charge in [-0.1, -0.05) is 56.3 Å². The smallest absolute Gasteiger partial charge is 0.492 e. The Bertz CT molecular complexity index is 1180. The maximum absolute atomic E-state index is 13.9. The van der Waals surface area contributed by atoms with Gasteiger partial charge in [0.25, 0.3) is 0 Å². The van der Waals surface area contributed by atoms with Gasteiger partial charge in [-0.3, -0.25) is 0 Å². The van der Waals surface area contributed by atoms with Crippen LogP contribution in [0.1, 0.15) is 36.1 Å². The van der Waals surface area contributed by atoms with Crippen LogP contribution < -0.4 is 14.0 Å². The summed E-state index contributed by atoms with van der Waals surface area (Å²) in [5.74, 6) is 0.806. The van der Waals surface area contributed by atoms with Gasteiger partial charge in [-0.2, -0.15) is 0 Å². The number of sulfone groups is 1. The Morgan fingerprint density at radius 2 is 1.23 bits per heavy atom. The maximum atomic E-state index is 13.9. The number of aryl methyl sites for hydroxylation is 4. The number of rotatable bonds is 3. The fourth-order valence-electron chi connectivity index (χ4n) is 4.08. The summed E-state index contributed by atoms with van der Waals surface area (Å²) in [6.45, 7) is 9.84. The van der Waals surface area contributed by atoms with E-state index in [0.717, 1.165) is 40.3 Å². The fourth-order valence-corrected chi connectivity index (χ4v) is 8.37. The van der Waals surface area contributed by atoms with Crippen molar-refractivity contribution in [3.05, 3.63) is 76.9 Å². The first kappa shape index (κ1) is 21.7. The summed E-state index contributed by atoms with van der Waals surface area (Å²) in [6.07, 6.45) is 1.49. The average Bonchev–Trinajstić information content (AvgIpc) is 2.75. The topological polar surface area (TPSA) is 52.6 Å². The van der Waals surface area contributed by atoms with Crippen LogP contribution in [0.25, 0.3) is 0 Å². The normalized spacial score (nSPS) is 16.2. The van der Waals surface area contributed by atoms with Gasteiger partial charge in [0.1, 0.15) is 21.3 Å². The van der Waals surface area contributed by atoms with E-state index >= 15 is 0 Å². The molecule has 4 rings (SSSR count). The van der Waals surface area contributed by atoms with Crippen LogP contribution in [0.2, 0.25) is 6.55 Å². The van der Waals surface area contributed by atoms with Gasteiger partial charge in [-0.25, -0.2) is 8.42 Å². The minimum absolute atomic E-state index is 0.233. The Labute approximate surface area is 186 Å². The molecule has 1 heterocycles. The first-order valence-electron chi connectivity index (χ1n) is 10.6. The molecule has 1 aliphatic heterocycles. The second-order valence-corrected chi connectivity index (χ2v) is 13.0. The largest absolute Gasteiger partial charge is 0.507 e. The summed E-state index contributed by atoms with van der Waals surface area (Å²) in [7, 11) is -6.87. The third-order valence-electron chi connectivity index (χ3n) is 5.89. The molecular formula is C25H28O4SSi. The summed E-state index contributed by atoms with van der Waals surface area (Å²) in [4.78, 5) is 0.465. The molecule has 1 aliphatic rings. The fraction of sp³-hybridized carbons (Fsp3) is 0.280. The highest BCUT2D eigenvalue weighted by atomic mass is 32.2. The minimum Gasteiger partial charge on any atom is -0.507 e. The zero-order valence-electron chi connectivity index (χ0n) is 18.7. The molecule has 4 nitrogen and oxygen atoms in total. The Morgan fingerprint density at radius 3 is 1.65 bits per heavy atom. The Balaban J connectivity index is 2.10. The Kier molecular flexibility index (Phi) is 5.48. The number of fused-ring (bicyclic) bond motifs is 2. The lowest BCUT2D eigenvalue weighted by molar-refractivity contribution is 0.388. The van der Waals surface area contributed by atoms with Crippen LogP contribution in [0.4, 0.5) is 0 Å². The molecule has 3 aromatic carbocycles. The lowest BCUT2D eigenvalue weighted by atomic mass is 10.1. The molecule has 0 aliphatic carbocycles. The number of hydrogen-bond acceptors (Lipinski definition) is 4. The van der Waals surface area contributed by atoms with Crippen LogP contribution in [0, 0.1) is 13.8 Å². The minimum atomic E-state index is -3.83. The molecule has 0 saturated carbocycles. The first-order chi connectivity index (χ1) is 14.7. The van der Waals surface area contributed by atoms with Crippen LogP contribution in [0.15, 0.2) is 64.4 Å². The molecule has 162 valence electrons. The van der Waals surface area contributed by atoms with E-state index in [2.05, 4.69) is 0 Å². The number of benzene rings is 3. The Hall–Kier alpha value is -2.57. The van der Waals surface area contributed by atoms with Crippen molar-refractivity contribution >= 4 is 23.6 Å². The van der Waals surface area contributed by atoms with Crippen LogP contribution in [-0.2, 0) is 22.7 Å². The summed E-state index contributed by atoms with van der Waals surface area (Å²) in [5, 5.41) is 0.948. The summed E-state index contributed by atoms with van der Waals surface area (Å²) in [5.41, 5.74) is 3.56. The molecule has 0 saturated heterocycles. The third-order valence-corrected chi connectivity index (χ3v) is 10.2. The first-order valence-corrected chi connectivity index (χ1v) is 14.4. The van der Waals surface area contributed by atoms with E-state index in [4.69, 9.17) is 8.85 Å². The van der Waals surface area contributed by atoms with E-state index in [9.17, 15) is 8.42 Å². The zero-order chi connectivity index (χ0) is 22.4. The van der Waals surface area contributed by atoms with Gasteiger partial charge in [0.15, 0.2) is 0 Å². The summed E-state index contributed by atoms with van der Waals surface area (Å²) in [6, 6.07) is 17.4. The SMILES string of the molecule is CCc1cc(C)c2c(c1)S(=O)(=O)c1cc(CC)cc(C)c1O[Si](C)(c1ccccc1)O2. The van der Waals surface area contributed by atoms with Gasteiger partial charge in [-0.15, -0.1) is 0 Å². The Morgan fingerprint density at radius 1 is 0.774 bits per heavy atom. The van der Waals surface area contributed by atoms with Crippen molar-refractivity contribution < 1.29 is 17.3 Å². The molecule has 0 spiro atoms. The summed E-state index contributed by atoms with van der Waals surface area (Å²) < 4.78 is 41.0. The predicted octanol–water partition coefficient (Wildman–Crippen LogP) is 5.01. The third kappa shape index (κ3) is 3.68. The van der Waals surface area contributed by atoms with Gasteiger partial charge >= 0.3 is 8.56 Å². The summed E-state index contributed by atoms with van der Waals surface area (Å²) >= 11 is 0. The number of hydrogen-bond donors (Lipinski definition) is 0. The molecule has 3 aromatic rings. The molecule has 0 radical (unpaired) electrons. The van der Waals surface area contributed by atoms with Crippen molar-refractivity contribution in [1.29, 1.82) is 0 Å². The lowest BCUT2D eigenvalue weighted by Crippen LogP contribution is -2.57. The maximum Gasteiger partial charge on any atom is 0.492 e. The van der Waals surface area contributed by atoms with Crippen molar-refractivity contribution in [3.63, 3.8) is 0 Å². The monoisotopic (exact) mass is 452 g/mol.